The minimum absolute atomic E-state index is 0.186. The molecule has 0 saturated carbocycles. The van der Waals surface area contributed by atoms with Gasteiger partial charge in [-0.25, -0.2) is 4.79 Å². The first-order chi connectivity index (χ1) is 12.1. The number of amides is 2. The second-order valence-electron chi connectivity index (χ2n) is 5.69. The summed E-state index contributed by atoms with van der Waals surface area (Å²) in [7, 11) is 0. The Bertz CT molecular complexity index is 826. The maximum absolute atomic E-state index is 12.4. The highest BCUT2D eigenvalue weighted by molar-refractivity contribution is 6.36. The van der Waals surface area contributed by atoms with Gasteiger partial charge in [-0.1, -0.05) is 29.3 Å². The molecule has 5 nitrogen and oxygen atoms in total. The summed E-state index contributed by atoms with van der Waals surface area (Å²) in [5.41, 5.74) is 2.18. The summed E-state index contributed by atoms with van der Waals surface area (Å²) in [5.74, 6) is 0. The number of carbonyl (C=O) groups is 1. The molecule has 0 aliphatic carbocycles. The maximum atomic E-state index is 12.4. The number of nitrogens with zero attached hydrogens (tertiary/aromatic N) is 3. The van der Waals surface area contributed by atoms with E-state index in [-0.39, 0.29) is 6.03 Å². The number of halogens is 2. The molecule has 3 rings (SSSR count). The van der Waals surface area contributed by atoms with Crippen LogP contribution in [0, 0.1) is 11.3 Å². The van der Waals surface area contributed by atoms with Crippen molar-refractivity contribution >= 4 is 40.6 Å². The highest BCUT2D eigenvalue weighted by Gasteiger charge is 2.22. The Morgan fingerprint density at radius 2 is 1.84 bits per heavy atom. The monoisotopic (exact) mass is 374 g/mol. The number of rotatable bonds is 2. The first-order valence-electron chi connectivity index (χ1n) is 7.83. The second kappa shape index (κ2) is 7.64. The van der Waals surface area contributed by atoms with Crippen molar-refractivity contribution in [3.05, 3.63) is 58.1 Å². The first-order valence-corrected chi connectivity index (χ1v) is 8.58. The molecular formula is C18H16Cl2N4O. The van der Waals surface area contributed by atoms with Crippen molar-refractivity contribution in [1.82, 2.24) is 4.90 Å². The number of anilines is 2. The van der Waals surface area contributed by atoms with Gasteiger partial charge in [-0.3, -0.25) is 0 Å². The molecule has 2 aromatic rings. The van der Waals surface area contributed by atoms with E-state index < -0.39 is 0 Å². The molecule has 0 aromatic heterocycles. The van der Waals surface area contributed by atoms with Crippen LogP contribution >= 0.6 is 23.2 Å². The minimum atomic E-state index is -0.186. The fraction of sp³-hybridized carbons (Fsp3) is 0.222. The summed E-state index contributed by atoms with van der Waals surface area (Å²) in [6, 6.07) is 14.4. The topological polar surface area (TPSA) is 59.4 Å². The van der Waals surface area contributed by atoms with Crippen LogP contribution in [-0.2, 0) is 0 Å². The van der Waals surface area contributed by atoms with Gasteiger partial charge < -0.3 is 15.1 Å². The molecule has 0 atom stereocenters. The SMILES string of the molecule is N#Cc1cccc(N2CCN(C(=O)Nc3ccc(Cl)cc3Cl)CC2)c1. The molecule has 1 aliphatic rings. The van der Waals surface area contributed by atoms with Gasteiger partial charge in [-0.05, 0) is 36.4 Å². The number of urea groups is 1. The predicted molar refractivity (Wildman–Crippen MR) is 100 cm³/mol. The van der Waals surface area contributed by atoms with Gasteiger partial charge in [0.05, 0.1) is 22.3 Å². The predicted octanol–water partition coefficient (Wildman–Crippen LogP) is 4.22. The molecule has 1 aliphatic heterocycles. The average Bonchev–Trinajstić information content (AvgIpc) is 2.64. The lowest BCUT2D eigenvalue weighted by Crippen LogP contribution is -2.50. The van der Waals surface area contributed by atoms with E-state index in [4.69, 9.17) is 28.5 Å². The molecule has 0 spiro atoms. The summed E-state index contributed by atoms with van der Waals surface area (Å²) < 4.78 is 0. The summed E-state index contributed by atoms with van der Waals surface area (Å²) in [5, 5.41) is 12.8. The quantitative estimate of drug-likeness (QED) is 0.855. The summed E-state index contributed by atoms with van der Waals surface area (Å²) in [4.78, 5) is 16.3. The molecule has 128 valence electrons. The van der Waals surface area contributed by atoms with E-state index in [1.54, 1.807) is 29.2 Å². The van der Waals surface area contributed by atoms with Crippen molar-refractivity contribution in [2.75, 3.05) is 36.4 Å². The number of hydrogen-bond acceptors (Lipinski definition) is 3. The van der Waals surface area contributed by atoms with Crippen LogP contribution in [0.4, 0.5) is 16.2 Å². The Kier molecular flexibility index (Phi) is 5.32. The molecule has 0 radical (unpaired) electrons. The molecule has 1 heterocycles. The molecule has 1 fully saturated rings. The normalized spacial score (nSPS) is 14.1. The van der Waals surface area contributed by atoms with Gasteiger partial charge >= 0.3 is 6.03 Å². The van der Waals surface area contributed by atoms with E-state index in [1.807, 2.05) is 18.2 Å². The third-order valence-electron chi connectivity index (χ3n) is 4.08. The zero-order valence-corrected chi connectivity index (χ0v) is 14.9. The highest BCUT2D eigenvalue weighted by Crippen LogP contribution is 2.26. The van der Waals surface area contributed by atoms with E-state index in [0.717, 1.165) is 5.69 Å². The standard InChI is InChI=1S/C18H16Cl2N4O/c19-14-4-5-17(16(20)11-14)22-18(25)24-8-6-23(7-9-24)15-3-1-2-13(10-15)12-21/h1-5,10-11H,6-9H2,(H,22,25). The number of hydrogen-bond donors (Lipinski definition) is 1. The zero-order valence-electron chi connectivity index (χ0n) is 13.4. The third kappa shape index (κ3) is 4.16. The Hall–Kier alpha value is -2.42. The van der Waals surface area contributed by atoms with Crippen LogP contribution in [-0.4, -0.2) is 37.1 Å². The number of carbonyl (C=O) groups excluding carboxylic acids is 1. The molecule has 0 bridgehead atoms. The Morgan fingerprint density at radius 3 is 2.52 bits per heavy atom. The molecule has 1 saturated heterocycles. The largest absolute Gasteiger partial charge is 0.368 e. The van der Waals surface area contributed by atoms with Crippen LogP contribution < -0.4 is 10.2 Å². The fourth-order valence-corrected chi connectivity index (χ4v) is 3.18. The minimum Gasteiger partial charge on any atom is -0.368 e. The van der Waals surface area contributed by atoms with Crippen LogP contribution in [0.25, 0.3) is 0 Å². The molecule has 2 amide bonds. The molecule has 1 N–H and O–H groups in total. The lowest BCUT2D eigenvalue weighted by Gasteiger charge is -2.36. The number of nitrogens with one attached hydrogen (secondary N) is 1. The molecule has 7 heteroatoms. The maximum Gasteiger partial charge on any atom is 0.322 e. The van der Waals surface area contributed by atoms with Crippen molar-refractivity contribution in [2.45, 2.75) is 0 Å². The van der Waals surface area contributed by atoms with Gasteiger partial charge in [0.25, 0.3) is 0 Å². The van der Waals surface area contributed by atoms with Gasteiger partial charge in [0.15, 0.2) is 0 Å². The average molecular weight is 375 g/mol. The summed E-state index contributed by atoms with van der Waals surface area (Å²) >= 11 is 12.0. The van der Waals surface area contributed by atoms with E-state index in [1.165, 1.54) is 0 Å². The van der Waals surface area contributed by atoms with Crippen LogP contribution in [0.5, 0.6) is 0 Å². The summed E-state index contributed by atoms with van der Waals surface area (Å²) in [6.07, 6.45) is 0. The number of benzene rings is 2. The smallest absolute Gasteiger partial charge is 0.322 e. The lowest BCUT2D eigenvalue weighted by atomic mass is 10.2. The zero-order chi connectivity index (χ0) is 17.8. The highest BCUT2D eigenvalue weighted by atomic mass is 35.5. The second-order valence-corrected chi connectivity index (χ2v) is 6.53. The third-order valence-corrected chi connectivity index (χ3v) is 4.63. The first kappa shape index (κ1) is 17.4. The van der Waals surface area contributed by atoms with Crippen molar-refractivity contribution in [1.29, 1.82) is 5.26 Å². The van der Waals surface area contributed by atoms with Gasteiger partial charge in [0.2, 0.25) is 0 Å². The Balaban J connectivity index is 1.60. The summed E-state index contributed by atoms with van der Waals surface area (Å²) in [6.45, 7) is 2.59. The molecule has 0 unspecified atom stereocenters. The van der Waals surface area contributed by atoms with E-state index in [0.29, 0.717) is 47.5 Å². The van der Waals surface area contributed by atoms with E-state index in [9.17, 15) is 4.79 Å². The van der Waals surface area contributed by atoms with Crippen molar-refractivity contribution in [3.63, 3.8) is 0 Å². The Morgan fingerprint density at radius 1 is 1.08 bits per heavy atom. The van der Waals surface area contributed by atoms with Crippen LogP contribution in [0.1, 0.15) is 5.56 Å². The van der Waals surface area contributed by atoms with Gasteiger partial charge in [-0.2, -0.15) is 5.26 Å². The molecule has 2 aromatic carbocycles. The van der Waals surface area contributed by atoms with Gasteiger partial charge in [0.1, 0.15) is 0 Å². The van der Waals surface area contributed by atoms with Crippen molar-refractivity contribution in [2.24, 2.45) is 0 Å². The molecule has 25 heavy (non-hydrogen) atoms. The van der Waals surface area contributed by atoms with Crippen molar-refractivity contribution < 1.29 is 4.79 Å². The van der Waals surface area contributed by atoms with E-state index in [2.05, 4.69) is 16.3 Å². The lowest BCUT2D eigenvalue weighted by molar-refractivity contribution is 0.208. The fourth-order valence-electron chi connectivity index (χ4n) is 2.73. The molecular weight excluding hydrogens is 359 g/mol. The number of piperazine rings is 1. The van der Waals surface area contributed by atoms with Crippen molar-refractivity contribution in [3.8, 4) is 6.07 Å². The Labute approximate surface area is 156 Å². The van der Waals surface area contributed by atoms with Gasteiger partial charge in [0, 0.05) is 36.9 Å². The van der Waals surface area contributed by atoms with Crippen LogP contribution in [0.2, 0.25) is 10.0 Å². The number of nitriles is 1. The van der Waals surface area contributed by atoms with Gasteiger partial charge in [-0.15, -0.1) is 0 Å². The van der Waals surface area contributed by atoms with Crippen LogP contribution in [0.3, 0.4) is 0 Å². The van der Waals surface area contributed by atoms with Crippen LogP contribution in [0.15, 0.2) is 42.5 Å². The van der Waals surface area contributed by atoms with E-state index >= 15 is 0 Å².